The second-order valence-corrected chi connectivity index (χ2v) is 12.0. The molecule has 1 atom stereocenters. The van der Waals surface area contributed by atoms with Crippen LogP contribution in [0.25, 0.3) is 11.0 Å². The van der Waals surface area contributed by atoms with Crippen molar-refractivity contribution >= 4 is 32.5 Å². The number of fused-ring (bicyclic) bond motifs is 1. The molecule has 4 rings (SSSR count). The minimum atomic E-state index is -2.96. The summed E-state index contributed by atoms with van der Waals surface area (Å²) in [7, 11) is -2.96. The highest BCUT2D eigenvalue weighted by Gasteiger charge is 2.29. The zero-order valence-electron chi connectivity index (χ0n) is 19.8. The molecule has 1 N–H and O–H groups in total. The zero-order chi connectivity index (χ0) is 23.8. The van der Waals surface area contributed by atoms with E-state index in [0.717, 1.165) is 33.7 Å². The van der Waals surface area contributed by atoms with Crippen LogP contribution in [-0.4, -0.2) is 35.4 Å². The lowest BCUT2D eigenvalue weighted by molar-refractivity contribution is -0.116. The highest BCUT2D eigenvalue weighted by atomic mass is 32.2. The third kappa shape index (κ3) is 5.13. The Morgan fingerprint density at radius 2 is 1.73 bits per heavy atom. The molecule has 1 amide bonds. The summed E-state index contributed by atoms with van der Waals surface area (Å²) in [6.07, 6.45) is 1.21. The van der Waals surface area contributed by atoms with E-state index in [-0.39, 0.29) is 41.7 Å². The first-order valence-corrected chi connectivity index (χ1v) is 13.5. The van der Waals surface area contributed by atoms with Crippen molar-refractivity contribution in [3.05, 3.63) is 59.4 Å². The summed E-state index contributed by atoms with van der Waals surface area (Å²) in [4.78, 5) is 18.1. The number of para-hydroxylation sites is 3. The molecule has 0 spiro atoms. The van der Waals surface area contributed by atoms with Crippen molar-refractivity contribution in [2.24, 2.45) is 5.92 Å². The minimum absolute atomic E-state index is 0.0443. The number of anilines is 1. The largest absolute Gasteiger partial charge is 0.324 e. The number of amides is 1. The number of nitrogens with zero attached hydrogens (tertiary/aromatic N) is 2. The first kappa shape index (κ1) is 23.5. The maximum atomic E-state index is 13.3. The van der Waals surface area contributed by atoms with E-state index in [2.05, 4.69) is 51.2 Å². The van der Waals surface area contributed by atoms with Gasteiger partial charge in [0.2, 0.25) is 5.91 Å². The van der Waals surface area contributed by atoms with Crippen molar-refractivity contribution < 1.29 is 13.2 Å². The second kappa shape index (κ2) is 9.29. The SMILES string of the molecule is CC(C)c1cccc(C(C)C)c1NC(=O)Cn1c(C[C@@H]2CCS(=O)(=O)C2)nc2ccccc21. The number of carbonyl (C=O) groups is 1. The summed E-state index contributed by atoms with van der Waals surface area (Å²) in [6.45, 7) is 8.66. The fourth-order valence-electron chi connectivity index (χ4n) is 4.77. The van der Waals surface area contributed by atoms with Gasteiger partial charge in [0.05, 0.1) is 22.5 Å². The molecule has 0 aliphatic carbocycles. The average Bonchev–Trinajstić information content (AvgIpc) is 3.27. The van der Waals surface area contributed by atoms with Gasteiger partial charge in [0.1, 0.15) is 12.4 Å². The van der Waals surface area contributed by atoms with Gasteiger partial charge < -0.3 is 9.88 Å². The van der Waals surface area contributed by atoms with Crippen LogP contribution in [0.5, 0.6) is 0 Å². The van der Waals surface area contributed by atoms with E-state index in [1.165, 1.54) is 0 Å². The Labute approximate surface area is 196 Å². The third-order valence-corrected chi connectivity index (χ3v) is 8.31. The fraction of sp³-hybridized carbons (Fsp3) is 0.462. The van der Waals surface area contributed by atoms with Gasteiger partial charge >= 0.3 is 0 Å². The van der Waals surface area contributed by atoms with Gasteiger partial charge in [0.15, 0.2) is 9.84 Å². The molecule has 6 nitrogen and oxygen atoms in total. The van der Waals surface area contributed by atoms with Gasteiger partial charge in [-0.15, -0.1) is 0 Å². The predicted molar refractivity (Wildman–Crippen MR) is 133 cm³/mol. The van der Waals surface area contributed by atoms with Gasteiger partial charge in [-0.25, -0.2) is 13.4 Å². The molecule has 1 aliphatic rings. The van der Waals surface area contributed by atoms with E-state index in [9.17, 15) is 13.2 Å². The Morgan fingerprint density at radius 1 is 1.06 bits per heavy atom. The summed E-state index contributed by atoms with van der Waals surface area (Å²) >= 11 is 0. The molecule has 1 aromatic heterocycles. The van der Waals surface area contributed by atoms with Gasteiger partial charge in [-0.3, -0.25) is 4.79 Å². The standard InChI is InChI=1S/C26H33N3O3S/c1-17(2)20-8-7-9-21(18(3)4)26(20)28-25(30)15-29-23-11-6-5-10-22(23)27-24(29)14-19-12-13-33(31,32)16-19/h5-11,17-19H,12-16H2,1-4H3,(H,28,30)/t19-/m0/s1. The number of rotatable bonds is 7. The average molecular weight is 468 g/mol. The number of imidazole rings is 1. The minimum Gasteiger partial charge on any atom is -0.324 e. The molecule has 1 aliphatic heterocycles. The van der Waals surface area contributed by atoms with Gasteiger partial charge in [0, 0.05) is 12.1 Å². The first-order chi connectivity index (χ1) is 15.6. The third-order valence-electron chi connectivity index (χ3n) is 6.47. The van der Waals surface area contributed by atoms with Gasteiger partial charge in [0.25, 0.3) is 0 Å². The molecule has 7 heteroatoms. The molecule has 3 aromatic rings. The molecule has 1 fully saturated rings. The topological polar surface area (TPSA) is 81.1 Å². The maximum absolute atomic E-state index is 13.3. The quantitative estimate of drug-likeness (QED) is 0.536. The van der Waals surface area contributed by atoms with Crippen LogP contribution in [-0.2, 0) is 27.6 Å². The van der Waals surface area contributed by atoms with Crippen molar-refractivity contribution in [3.8, 4) is 0 Å². The Kier molecular flexibility index (Phi) is 6.61. The van der Waals surface area contributed by atoms with E-state index in [0.29, 0.717) is 12.8 Å². The van der Waals surface area contributed by atoms with Crippen molar-refractivity contribution in [1.82, 2.24) is 9.55 Å². The Hall–Kier alpha value is -2.67. The van der Waals surface area contributed by atoms with Gasteiger partial charge in [-0.1, -0.05) is 58.0 Å². The highest BCUT2D eigenvalue weighted by molar-refractivity contribution is 7.91. The number of hydrogen-bond acceptors (Lipinski definition) is 4. The Morgan fingerprint density at radius 3 is 2.33 bits per heavy atom. The van der Waals surface area contributed by atoms with Crippen molar-refractivity contribution in [1.29, 1.82) is 0 Å². The lowest BCUT2D eigenvalue weighted by Gasteiger charge is -2.20. The number of aromatic nitrogens is 2. The molecule has 0 radical (unpaired) electrons. The van der Waals surface area contributed by atoms with Crippen LogP contribution in [0.3, 0.4) is 0 Å². The van der Waals surface area contributed by atoms with Crippen LogP contribution in [0.2, 0.25) is 0 Å². The zero-order valence-corrected chi connectivity index (χ0v) is 20.7. The Balaban J connectivity index is 1.64. The molecular weight excluding hydrogens is 434 g/mol. The first-order valence-electron chi connectivity index (χ1n) is 11.7. The molecule has 1 saturated heterocycles. The second-order valence-electron chi connectivity index (χ2n) is 9.75. The Bertz CT molecular complexity index is 1250. The van der Waals surface area contributed by atoms with E-state index in [4.69, 9.17) is 4.98 Å². The van der Waals surface area contributed by atoms with Crippen LogP contribution in [0.4, 0.5) is 5.69 Å². The molecule has 33 heavy (non-hydrogen) atoms. The van der Waals surface area contributed by atoms with Crippen molar-refractivity contribution in [2.75, 3.05) is 16.8 Å². The molecule has 0 saturated carbocycles. The van der Waals surface area contributed by atoms with E-state index in [1.807, 2.05) is 28.8 Å². The summed E-state index contributed by atoms with van der Waals surface area (Å²) in [6, 6.07) is 14.0. The van der Waals surface area contributed by atoms with Crippen LogP contribution in [0.1, 0.15) is 62.9 Å². The van der Waals surface area contributed by atoms with Gasteiger partial charge in [-0.05, 0) is 47.4 Å². The molecular formula is C26H33N3O3S. The molecule has 2 aromatic carbocycles. The predicted octanol–water partition coefficient (Wildman–Crippen LogP) is 4.90. The summed E-state index contributed by atoms with van der Waals surface area (Å²) in [5.74, 6) is 1.72. The molecule has 176 valence electrons. The molecule has 0 unspecified atom stereocenters. The van der Waals surface area contributed by atoms with E-state index < -0.39 is 9.84 Å². The summed E-state index contributed by atoms with van der Waals surface area (Å²) < 4.78 is 25.9. The van der Waals surface area contributed by atoms with Crippen LogP contribution >= 0.6 is 0 Å². The van der Waals surface area contributed by atoms with Crippen molar-refractivity contribution in [3.63, 3.8) is 0 Å². The summed E-state index contributed by atoms with van der Waals surface area (Å²) in [5.41, 5.74) is 4.87. The lowest BCUT2D eigenvalue weighted by atomic mass is 9.92. The van der Waals surface area contributed by atoms with Crippen molar-refractivity contribution in [2.45, 2.75) is 58.9 Å². The highest BCUT2D eigenvalue weighted by Crippen LogP contribution is 2.32. The van der Waals surface area contributed by atoms with E-state index in [1.54, 1.807) is 0 Å². The number of sulfone groups is 1. The lowest BCUT2D eigenvalue weighted by Crippen LogP contribution is -2.23. The van der Waals surface area contributed by atoms with Crippen LogP contribution in [0, 0.1) is 5.92 Å². The van der Waals surface area contributed by atoms with E-state index >= 15 is 0 Å². The number of hydrogen-bond donors (Lipinski definition) is 1. The number of nitrogens with one attached hydrogen (secondary N) is 1. The number of benzene rings is 2. The monoisotopic (exact) mass is 467 g/mol. The normalized spacial score (nSPS) is 17.8. The molecule has 2 heterocycles. The van der Waals surface area contributed by atoms with Gasteiger partial charge in [-0.2, -0.15) is 0 Å². The van der Waals surface area contributed by atoms with Crippen LogP contribution in [0.15, 0.2) is 42.5 Å². The summed E-state index contributed by atoms with van der Waals surface area (Å²) in [5, 5.41) is 3.20. The van der Waals surface area contributed by atoms with Crippen LogP contribution < -0.4 is 5.32 Å². The smallest absolute Gasteiger partial charge is 0.244 e. The molecule has 0 bridgehead atoms. The number of carbonyl (C=O) groups excluding carboxylic acids is 1. The fourth-order valence-corrected chi connectivity index (χ4v) is 6.63. The maximum Gasteiger partial charge on any atom is 0.244 e.